The van der Waals surface area contributed by atoms with Crippen molar-refractivity contribution in [3.05, 3.63) is 48.2 Å². The molecule has 0 fully saturated rings. The second-order valence-corrected chi connectivity index (χ2v) is 3.80. The number of nitrogens with two attached hydrogens (primary N) is 1. The summed E-state index contributed by atoms with van der Waals surface area (Å²) in [5.74, 6) is 1.26. The van der Waals surface area contributed by atoms with Crippen LogP contribution in [0.5, 0.6) is 5.75 Å². The van der Waals surface area contributed by atoms with Gasteiger partial charge in [-0.3, -0.25) is 0 Å². The van der Waals surface area contributed by atoms with Gasteiger partial charge in [-0.1, -0.05) is 6.07 Å². The first-order chi connectivity index (χ1) is 9.33. The number of ether oxygens (including phenoxy) is 1. The van der Waals surface area contributed by atoms with Gasteiger partial charge in [-0.15, -0.1) is 0 Å². The molecule has 0 aliphatic rings. The second kappa shape index (κ2) is 6.38. The molecule has 0 amide bonds. The fourth-order valence-electron chi connectivity index (χ4n) is 1.57. The number of rotatable bonds is 5. The lowest BCUT2D eigenvalue weighted by atomic mass is 10.2. The predicted octanol–water partition coefficient (Wildman–Crippen LogP) is 2.03. The van der Waals surface area contributed by atoms with Gasteiger partial charge in [0.05, 0.1) is 5.56 Å². The Hall–Kier alpha value is -2.58. The van der Waals surface area contributed by atoms with Crippen molar-refractivity contribution in [2.24, 2.45) is 5.73 Å². The zero-order chi connectivity index (χ0) is 13.5. The standard InChI is InChI=1S/C14H14N4O/c15-6-8-19-13-5-1-4-12(9-13)18-14-11(10-16)3-2-7-17-14/h1-5,7,9H,6,8,15H2,(H,17,18). The van der Waals surface area contributed by atoms with Crippen LogP contribution in [0.15, 0.2) is 42.6 Å². The molecular formula is C14H14N4O. The molecule has 2 rings (SSSR count). The molecule has 0 bridgehead atoms. The zero-order valence-electron chi connectivity index (χ0n) is 10.3. The summed E-state index contributed by atoms with van der Waals surface area (Å²) in [4.78, 5) is 4.14. The van der Waals surface area contributed by atoms with E-state index in [-0.39, 0.29) is 0 Å². The number of benzene rings is 1. The van der Waals surface area contributed by atoms with Gasteiger partial charge in [-0.25, -0.2) is 4.98 Å². The van der Waals surface area contributed by atoms with Crippen LogP contribution in [0, 0.1) is 11.3 Å². The largest absolute Gasteiger partial charge is 0.492 e. The van der Waals surface area contributed by atoms with Crippen LogP contribution >= 0.6 is 0 Å². The fourth-order valence-corrected chi connectivity index (χ4v) is 1.57. The Kier molecular flexibility index (Phi) is 4.32. The minimum Gasteiger partial charge on any atom is -0.492 e. The van der Waals surface area contributed by atoms with Crippen molar-refractivity contribution in [2.75, 3.05) is 18.5 Å². The highest BCUT2D eigenvalue weighted by Gasteiger charge is 2.03. The summed E-state index contributed by atoms with van der Waals surface area (Å²) < 4.78 is 5.44. The number of nitrogens with one attached hydrogen (secondary N) is 1. The molecular weight excluding hydrogens is 240 g/mol. The Labute approximate surface area is 111 Å². The number of pyridine rings is 1. The molecule has 0 aliphatic heterocycles. The van der Waals surface area contributed by atoms with Gasteiger partial charge >= 0.3 is 0 Å². The summed E-state index contributed by atoms with van der Waals surface area (Å²) in [6.45, 7) is 0.937. The first-order valence-electron chi connectivity index (χ1n) is 5.88. The van der Waals surface area contributed by atoms with Crippen LogP contribution in [0.3, 0.4) is 0 Å². The van der Waals surface area contributed by atoms with E-state index in [0.717, 1.165) is 11.4 Å². The molecule has 2 aromatic rings. The molecule has 5 nitrogen and oxygen atoms in total. The van der Waals surface area contributed by atoms with Gasteiger partial charge in [0, 0.05) is 24.5 Å². The van der Waals surface area contributed by atoms with Crippen LogP contribution < -0.4 is 15.8 Å². The molecule has 0 atom stereocenters. The maximum absolute atomic E-state index is 9.00. The third-order valence-corrected chi connectivity index (χ3v) is 2.41. The maximum atomic E-state index is 9.00. The van der Waals surface area contributed by atoms with Gasteiger partial charge in [-0.2, -0.15) is 5.26 Å². The lowest BCUT2D eigenvalue weighted by molar-refractivity contribution is 0.328. The molecule has 0 aliphatic carbocycles. The number of hydrogen-bond donors (Lipinski definition) is 2. The van der Waals surface area contributed by atoms with Crippen molar-refractivity contribution >= 4 is 11.5 Å². The smallest absolute Gasteiger partial charge is 0.148 e. The normalized spacial score (nSPS) is 9.68. The lowest BCUT2D eigenvalue weighted by Gasteiger charge is -2.09. The van der Waals surface area contributed by atoms with Gasteiger partial charge in [0.15, 0.2) is 0 Å². The molecule has 0 spiro atoms. The molecule has 0 saturated carbocycles. The van der Waals surface area contributed by atoms with Crippen molar-refractivity contribution < 1.29 is 4.74 Å². The number of hydrogen-bond acceptors (Lipinski definition) is 5. The summed E-state index contributed by atoms with van der Waals surface area (Å²) in [6.07, 6.45) is 1.64. The lowest BCUT2D eigenvalue weighted by Crippen LogP contribution is -2.10. The number of nitrogens with zero attached hydrogens (tertiary/aromatic N) is 2. The molecule has 1 aromatic carbocycles. The molecule has 5 heteroatoms. The SMILES string of the molecule is N#Cc1cccnc1Nc1cccc(OCCN)c1. The van der Waals surface area contributed by atoms with Gasteiger partial charge in [-0.05, 0) is 24.3 Å². The first kappa shape index (κ1) is 12.9. The van der Waals surface area contributed by atoms with E-state index in [1.807, 2.05) is 24.3 Å². The molecule has 0 unspecified atom stereocenters. The third-order valence-electron chi connectivity index (χ3n) is 2.41. The van der Waals surface area contributed by atoms with Crippen molar-refractivity contribution in [1.82, 2.24) is 4.98 Å². The molecule has 1 heterocycles. The quantitative estimate of drug-likeness (QED) is 0.853. The monoisotopic (exact) mass is 254 g/mol. The molecule has 0 saturated heterocycles. The van der Waals surface area contributed by atoms with Gasteiger partial charge in [0.2, 0.25) is 0 Å². The third kappa shape index (κ3) is 3.44. The van der Waals surface area contributed by atoms with E-state index in [1.54, 1.807) is 18.3 Å². The van der Waals surface area contributed by atoms with E-state index in [4.69, 9.17) is 15.7 Å². The average molecular weight is 254 g/mol. The molecule has 1 aromatic heterocycles. The van der Waals surface area contributed by atoms with Crippen LogP contribution in [-0.2, 0) is 0 Å². The summed E-state index contributed by atoms with van der Waals surface area (Å²) >= 11 is 0. The Balaban J connectivity index is 2.17. The highest BCUT2D eigenvalue weighted by Crippen LogP contribution is 2.22. The average Bonchev–Trinajstić information content (AvgIpc) is 2.46. The summed E-state index contributed by atoms with van der Waals surface area (Å²) in [7, 11) is 0. The fraction of sp³-hybridized carbons (Fsp3) is 0.143. The van der Waals surface area contributed by atoms with Gasteiger partial charge < -0.3 is 15.8 Å². The Morgan fingerprint density at radius 3 is 3.00 bits per heavy atom. The van der Waals surface area contributed by atoms with Crippen LogP contribution in [0.25, 0.3) is 0 Å². The highest BCUT2D eigenvalue weighted by atomic mass is 16.5. The minimum absolute atomic E-state index is 0.469. The van der Waals surface area contributed by atoms with E-state index in [1.165, 1.54) is 0 Å². The van der Waals surface area contributed by atoms with Crippen molar-refractivity contribution in [3.63, 3.8) is 0 Å². The van der Waals surface area contributed by atoms with Crippen LogP contribution in [0.4, 0.5) is 11.5 Å². The first-order valence-corrected chi connectivity index (χ1v) is 5.88. The van der Waals surface area contributed by atoms with E-state index >= 15 is 0 Å². The van der Waals surface area contributed by atoms with Crippen molar-refractivity contribution in [3.8, 4) is 11.8 Å². The van der Waals surface area contributed by atoms with Gasteiger partial charge in [0.1, 0.15) is 24.2 Å². The molecule has 96 valence electrons. The topological polar surface area (TPSA) is 84.0 Å². The summed E-state index contributed by atoms with van der Waals surface area (Å²) in [6, 6.07) is 13.0. The predicted molar refractivity (Wildman–Crippen MR) is 73.2 cm³/mol. The second-order valence-electron chi connectivity index (χ2n) is 3.80. The number of anilines is 2. The maximum Gasteiger partial charge on any atom is 0.148 e. The molecule has 3 N–H and O–H groups in total. The van der Waals surface area contributed by atoms with E-state index < -0.39 is 0 Å². The van der Waals surface area contributed by atoms with Gasteiger partial charge in [0.25, 0.3) is 0 Å². The van der Waals surface area contributed by atoms with E-state index in [0.29, 0.717) is 24.5 Å². The number of nitriles is 1. The van der Waals surface area contributed by atoms with Crippen LogP contribution in [-0.4, -0.2) is 18.1 Å². The van der Waals surface area contributed by atoms with Crippen LogP contribution in [0.1, 0.15) is 5.56 Å². The molecule has 19 heavy (non-hydrogen) atoms. The van der Waals surface area contributed by atoms with E-state index in [9.17, 15) is 0 Å². The van der Waals surface area contributed by atoms with Crippen molar-refractivity contribution in [2.45, 2.75) is 0 Å². The summed E-state index contributed by atoms with van der Waals surface area (Å²) in [5, 5.41) is 12.1. The van der Waals surface area contributed by atoms with E-state index in [2.05, 4.69) is 16.4 Å². The minimum atomic E-state index is 0.469. The van der Waals surface area contributed by atoms with Crippen molar-refractivity contribution in [1.29, 1.82) is 5.26 Å². The Morgan fingerprint density at radius 2 is 2.21 bits per heavy atom. The zero-order valence-corrected chi connectivity index (χ0v) is 10.3. The summed E-state index contributed by atoms with van der Waals surface area (Å²) in [5.41, 5.74) is 6.70. The Bertz CT molecular complexity index is 592. The Morgan fingerprint density at radius 1 is 1.32 bits per heavy atom. The molecule has 0 radical (unpaired) electrons. The van der Waals surface area contributed by atoms with Crippen LogP contribution in [0.2, 0.25) is 0 Å². The highest BCUT2D eigenvalue weighted by molar-refractivity contribution is 5.63. The number of aromatic nitrogens is 1.